The minimum atomic E-state index is -0.588. The smallest absolute Gasteiger partial charge is 0.343 e. The first-order valence-corrected chi connectivity index (χ1v) is 15.0. The molecule has 43 heavy (non-hydrogen) atoms. The highest BCUT2D eigenvalue weighted by Gasteiger charge is 2.35. The van der Waals surface area contributed by atoms with E-state index in [1.54, 1.807) is 18.2 Å². The fraction of sp³-hybridized carbons (Fsp3) is 0.361. The second-order valence-corrected chi connectivity index (χ2v) is 12.1. The average Bonchev–Trinajstić information content (AvgIpc) is 2.97. The third-order valence-electron chi connectivity index (χ3n) is 7.49. The van der Waals surface area contributed by atoms with E-state index in [2.05, 4.69) is 43.1 Å². The summed E-state index contributed by atoms with van der Waals surface area (Å²) < 4.78 is 5.77. The molecule has 1 aromatic heterocycles. The maximum absolute atomic E-state index is 13.7. The molecule has 7 heteroatoms. The highest BCUT2D eigenvalue weighted by atomic mass is 16.4. The molecule has 0 unspecified atom stereocenters. The Bertz CT molecular complexity index is 1570. The molecule has 7 nitrogen and oxygen atoms in total. The van der Waals surface area contributed by atoms with Crippen molar-refractivity contribution in [1.82, 2.24) is 10.3 Å². The van der Waals surface area contributed by atoms with Crippen LogP contribution in [-0.4, -0.2) is 41.3 Å². The molecule has 0 aliphatic rings. The van der Waals surface area contributed by atoms with Crippen molar-refractivity contribution in [2.75, 3.05) is 19.6 Å². The van der Waals surface area contributed by atoms with E-state index in [1.165, 1.54) is 0 Å². The Morgan fingerprint density at radius 1 is 0.860 bits per heavy atom. The Morgan fingerprint density at radius 2 is 1.44 bits per heavy atom. The van der Waals surface area contributed by atoms with Crippen LogP contribution in [0.2, 0.25) is 0 Å². The number of fused-ring (bicyclic) bond motifs is 1. The van der Waals surface area contributed by atoms with Crippen molar-refractivity contribution in [1.29, 1.82) is 0 Å². The Labute approximate surface area is 254 Å². The van der Waals surface area contributed by atoms with Crippen LogP contribution in [0, 0.1) is 17.8 Å². The van der Waals surface area contributed by atoms with Crippen LogP contribution in [0.15, 0.2) is 99.2 Å². The van der Waals surface area contributed by atoms with Gasteiger partial charge in [-0.15, -0.1) is 0 Å². The Balaban J connectivity index is 1.83. The van der Waals surface area contributed by atoms with Gasteiger partial charge in [0.15, 0.2) is 0 Å². The number of nitrogens with one attached hydrogen (secondary N) is 1. The van der Waals surface area contributed by atoms with Gasteiger partial charge in [0, 0.05) is 37.2 Å². The molecule has 1 heterocycles. The summed E-state index contributed by atoms with van der Waals surface area (Å²) in [5.74, 6) is -0.445. The fourth-order valence-corrected chi connectivity index (χ4v) is 5.75. The highest BCUT2D eigenvalue weighted by Crippen LogP contribution is 2.39. The minimum Gasteiger partial charge on any atom is -0.507 e. The summed E-state index contributed by atoms with van der Waals surface area (Å²) in [4.78, 5) is 28.9. The van der Waals surface area contributed by atoms with E-state index in [4.69, 9.17) is 4.42 Å². The molecule has 226 valence electrons. The summed E-state index contributed by atoms with van der Waals surface area (Å²) in [6.45, 7) is 12.9. The van der Waals surface area contributed by atoms with Gasteiger partial charge in [-0.05, 0) is 42.0 Å². The Kier molecular flexibility index (Phi) is 10.9. The van der Waals surface area contributed by atoms with E-state index >= 15 is 0 Å². The number of rotatable bonds is 13. The first-order chi connectivity index (χ1) is 20.6. The molecule has 0 aliphatic carbocycles. The van der Waals surface area contributed by atoms with Crippen LogP contribution in [0.3, 0.4) is 0 Å². The number of carbonyl (C=O) groups is 1. The summed E-state index contributed by atoms with van der Waals surface area (Å²) in [5, 5.41) is 16.7. The van der Waals surface area contributed by atoms with E-state index in [0.29, 0.717) is 35.1 Å². The van der Waals surface area contributed by atoms with Crippen LogP contribution >= 0.6 is 0 Å². The quantitative estimate of drug-likeness (QED) is 0.105. The minimum absolute atomic E-state index is 0.0918. The van der Waals surface area contributed by atoms with Gasteiger partial charge in [-0.1, -0.05) is 100 Å². The third kappa shape index (κ3) is 8.42. The number of carbonyl (C=O) groups excluding carboxylic acids is 1. The second-order valence-electron chi connectivity index (χ2n) is 12.1. The lowest BCUT2D eigenvalue weighted by atomic mass is 9.78. The number of nitrogens with zero attached hydrogens (tertiary/aromatic N) is 2. The molecule has 0 saturated heterocycles. The van der Waals surface area contributed by atoms with Crippen molar-refractivity contribution in [2.45, 2.75) is 47.0 Å². The average molecular weight is 582 g/mol. The van der Waals surface area contributed by atoms with Gasteiger partial charge in [-0.2, -0.15) is 5.10 Å². The van der Waals surface area contributed by atoms with Gasteiger partial charge in [0.1, 0.15) is 11.3 Å². The maximum atomic E-state index is 13.7. The molecule has 4 rings (SSSR count). The number of para-hydroxylation sites is 1. The van der Waals surface area contributed by atoms with E-state index < -0.39 is 11.5 Å². The number of hydrazone groups is 1. The zero-order valence-electron chi connectivity index (χ0n) is 25.8. The van der Waals surface area contributed by atoms with Crippen molar-refractivity contribution < 1.29 is 14.3 Å². The predicted octanol–water partition coefficient (Wildman–Crippen LogP) is 6.60. The zero-order chi connectivity index (χ0) is 30.9. The summed E-state index contributed by atoms with van der Waals surface area (Å²) in [6.07, 6.45) is 0.201. The summed E-state index contributed by atoms with van der Waals surface area (Å²) in [5.41, 5.74) is 5.08. The van der Waals surface area contributed by atoms with Gasteiger partial charge in [-0.3, -0.25) is 4.79 Å². The first-order valence-electron chi connectivity index (χ1n) is 15.0. The topological polar surface area (TPSA) is 95.1 Å². The molecule has 3 aromatic carbocycles. The molecular formula is C36H43N3O4. The standard InChI is InChI=1S/C36H43N3O4/c1-24(2)21-39(22-25(3)4)23-30(26(5)37-38-32(40)20-27-14-8-6-9-15-27)33(28-16-10-7-11-17-28)34-35(41)29-18-12-13-19-31(29)43-36(34)42/h6-19,24-25,30,33,41H,20-23H2,1-5H3,(H,38,40)/b37-26-/t30-,33-/m1/s1. The van der Waals surface area contributed by atoms with Crippen molar-refractivity contribution in [2.24, 2.45) is 22.9 Å². The van der Waals surface area contributed by atoms with Crippen LogP contribution in [0.1, 0.15) is 57.2 Å². The van der Waals surface area contributed by atoms with Crippen molar-refractivity contribution in [3.63, 3.8) is 0 Å². The third-order valence-corrected chi connectivity index (χ3v) is 7.49. The molecule has 0 bridgehead atoms. The summed E-state index contributed by atoms with van der Waals surface area (Å²) >= 11 is 0. The van der Waals surface area contributed by atoms with E-state index in [0.717, 1.165) is 24.2 Å². The largest absolute Gasteiger partial charge is 0.507 e. The SMILES string of the molecule is C/C(=N/NC(=O)Cc1ccccc1)[C@@H](CN(CC(C)C)CC(C)C)[C@@H](c1ccccc1)c1c(O)c2ccccc2oc1=O. The van der Waals surface area contributed by atoms with Crippen molar-refractivity contribution in [3.05, 3.63) is 112 Å². The van der Waals surface area contributed by atoms with E-state index in [-0.39, 0.29) is 29.6 Å². The number of benzene rings is 3. The lowest BCUT2D eigenvalue weighted by Gasteiger charge is -2.34. The summed E-state index contributed by atoms with van der Waals surface area (Å²) in [7, 11) is 0. The Morgan fingerprint density at radius 3 is 2.07 bits per heavy atom. The van der Waals surface area contributed by atoms with Gasteiger partial charge in [-0.25, -0.2) is 10.2 Å². The number of hydrogen-bond acceptors (Lipinski definition) is 6. The maximum Gasteiger partial charge on any atom is 0.343 e. The number of hydrogen-bond donors (Lipinski definition) is 2. The number of amides is 1. The molecule has 0 spiro atoms. The molecule has 2 N–H and O–H groups in total. The highest BCUT2D eigenvalue weighted by molar-refractivity contribution is 5.89. The van der Waals surface area contributed by atoms with E-state index in [9.17, 15) is 14.7 Å². The number of aromatic hydroxyl groups is 1. The summed E-state index contributed by atoms with van der Waals surface area (Å²) in [6, 6.07) is 26.2. The molecule has 1 amide bonds. The second kappa shape index (κ2) is 14.8. The first kappa shape index (κ1) is 31.7. The normalized spacial score (nSPS) is 13.5. The van der Waals surface area contributed by atoms with Gasteiger partial charge in [0.2, 0.25) is 5.91 Å². The van der Waals surface area contributed by atoms with Crippen LogP contribution in [0.5, 0.6) is 5.75 Å². The molecule has 0 aliphatic heterocycles. The van der Waals surface area contributed by atoms with Crippen LogP contribution in [0.4, 0.5) is 0 Å². The lowest BCUT2D eigenvalue weighted by molar-refractivity contribution is -0.120. The molecule has 0 fully saturated rings. The van der Waals surface area contributed by atoms with Crippen molar-refractivity contribution in [3.8, 4) is 5.75 Å². The van der Waals surface area contributed by atoms with Gasteiger partial charge < -0.3 is 14.4 Å². The van der Waals surface area contributed by atoms with Gasteiger partial charge in [0.05, 0.1) is 17.4 Å². The molecule has 4 aromatic rings. The predicted molar refractivity (Wildman–Crippen MR) is 173 cm³/mol. The van der Waals surface area contributed by atoms with Crippen LogP contribution < -0.4 is 11.1 Å². The van der Waals surface area contributed by atoms with Gasteiger partial charge in [0.25, 0.3) is 0 Å². The van der Waals surface area contributed by atoms with Crippen LogP contribution in [-0.2, 0) is 11.2 Å². The molecule has 2 atom stereocenters. The molecule has 0 radical (unpaired) electrons. The van der Waals surface area contributed by atoms with Crippen LogP contribution in [0.25, 0.3) is 11.0 Å². The Hall–Kier alpha value is -4.23. The van der Waals surface area contributed by atoms with Crippen molar-refractivity contribution >= 4 is 22.6 Å². The van der Waals surface area contributed by atoms with E-state index in [1.807, 2.05) is 73.7 Å². The molecule has 0 saturated carbocycles. The zero-order valence-corrected chi connectivity index (χ0v) is 25.8. The lowest BCUT2D eigenvalue weighted by Crippen LogP contribution is -2.41. The fourth-order valence-electron chi connectivity index (χ4n) is 5.75. The van der Waals surface area contributed by atoms with Gasteiger partial charge >= 0.3 is 5.63 Å². The molecular weight excluding hydrogens is 538 g/mol. The monoisotopic (exact) mass is 581 g/mol.